The van der Waals surface area contributed by atoms with Gasteiger partial charge in [-0.15, -0.1) is 10.2 Å². The van der Waals surface area contributed by atoms with Gasteiger partial charge >= 0.3 is 0 Å². The second-order valence-corrected chi connectivity index (χ2v) is 7.78. The van der Waals surface area contributed by atoms with Gasteiger partial charge in [0, 0.05) is 44.2 Å². The van der Waals surface area contributed by atoms with E-state index in [1.807, 2.05) is 33.6 Å². The molecule has 8 nitrogen and oxygen atoms in total. The lowest BCUT2D eigenvalue weighted by molar-refractivity contribution is 0.0767. The van der Waals surface area contributed by atoms with Crippen LogP contribution in [0, 0.1) is 5.82 Å². The fourth-order valence-corrected chi connectivity index (χ4v) is 4.15. The highest BCUT2D eigenvalue weighted by molar-refractivity contribution is 5.94. The van der Waals surface area contributed by atoms with E-state index in [0.717, 1.165) is 35.5 Å². The normalized spacial score (nSPS) is 14.8. The van der Waals surface area contributed by atoms with Crippen molar-refractivity contribution in [2.75, 3.05) is 38.2 Å². The quantitative estimate of drug-likeness (QED) is 0.492. The summed E-state index contributed by atoms with van der Waals surface area (Å²) in [4.78, 5) is 21.8. The third-order valence-corrected chi connectivity index (χ3v) is 5.73. The molecular formula is C23H23FN6O2. The molecule has 164 valence electrons. The summed E-state index contributed by atoms with van der Waals surface area (Å²) in [6.45, 7) is 2.82. The van der Waals surface area contributed by atoms with Crippen LogP contribution in [0.3, 0.4) is 0 Å². The molecule has 1 fully saturated rings. The molecule has 1 aliphatic rings. The molecule has 0 spiro atoms. The summed E-state index contributed by atoms with van der Waals surface area (Å²) >= 11 is 0. The first-order valence-electron chi connectivity index (χ1n) is 10.6. The highest BCUT2D eigenvalue weighted by Gasteiger charge is 2.24. The van der Waals surface area contributed by atoms with E-state index in [0.29, 0.717) is 37.6 Å². The van der Waals surface area contributed by atoms with E-state index in [1.54, 1.807) is 7.11 Å². The van der Waals surface area contributed by atoms with E-state index in [1.165, 1.54) is 24.3 Å². The Hall–Kier alpha value is -3.59. The van der Waals surface area contributed by atoms with Gasteiger partial charge < -0.3 is 14.5 Å². The number of halogens is 1. The lowest BCUT2D eigenvalue weighted by Gasteiger charge is -2.24. The van der Waals surface area contributed by atoms with Gasteiger partial charge in [0.25, 0.3) is 5.91 Å². The molecule has 4 aromatic rings. The Morgan fingerprint density at radius 3 is 2.66 bits per heavy atom. The number of carbonyl (C=O) groups excluding carboxylic acids is 1. The number of aromatic nitrogens is 4. The van der Waals surface area contributed by atoms with Crippen LogP contribution in [-0.2, 0) is 11.3 Å². The zero-order valence-corrected chi connectivity index (χ0v) is 17.7. The van der Waals surface area contributed by atoms with Crippen molar-refractivity contribution in [3.05, 3.63) is 65.7 Å². The number of hydrogen-bond donors (Lipinski definition) is 0. The number of nitrogens with zero attached hydrogens (tertiary/aromatic N) is 6. The minimum absolute atomic E-state index is 0.0900. The van der Waals surface area contributed by atoms with Crippen molar-refractivity contribution in [3.8, 4) is 0 Å². The molecule has 0 atom stereocenters. The zero-order chi connectivity index (χ0) is 22.1. The number of ether oxygens (including phenoxy) is 1. The Morgan fingerprint density at radius 2 is 1.84 bits per heavy atom. The molecule has 0 bridgehead atoms. The van der Waals surface area contributed by atoms with Crippen molar-refractivity contribution in [1.82, 2.24) is 24.5 Å². The second kappa shape index (κ2) is 8.51. The van der Waals surface area contributed by atoms with Gasteiger partial charge in [0.05, 0.1) is 5.52 Å². The van der Waals surface area contributed by atoms with Crippen LogP contribution < -0.4 is 4.90 Å². The molecule has 3 heterocycles. The highest BCUT2D eigenvalue weighted by Crippen LogP contribution is 2.25. The molecule has 0 radical (unpaired) electrons. The summed E-state index contributed by atoms with van der Waals surface area (Å²) in [6.07, 6.45) is 0.782. The standard InChI is InChI=1S/C23H23FN6O2/c1-32-15-20-26-27-21-18-5-2-3-6-19(18)25-23(30(20)21)29-12-4-11-28(13-14-29)22(31)16-7-9-17(24)10-8-16/h2-3,5-10H,4,11-15H2,1H3. The molecule has 2 aromatic carbocycles. The van der Waals surface area contributed by atoms with E-state index in [4.69, 9.17) is 9.72 Å². The lowest BCUT2D eigenvalue weighted by Crippen LogP contribution is -2.36. The monoisotopic (exact) mass is 434 g/mol. The average molecular weight is 434 g/mol. The maximum absolute atomic E-state index is 13.2. The smallest absolute Gasteiger partial charge is 0.253 e. The number of carbonyl (C=O) groups is 1. The summed E-state index contributed by atoms with van der Waals surface area (Å²) in [5.41, 5.74) is 2.07. The minimum atomic E-state index is -0.351. The molecule has 0 N–H and O–H groups in total. The van der Waals surface area contributed by atoms with Crippen LogP contribution in [0.5, 0.6) is 0 Å². The Bertz CT molecular complexity index is 1270. The van der Waals surface area contributed by atoms with Crippen molar-refractivity contribution in [1.29, 1.82) is 0 Å². The van der Waals surface area contributed by atoms with Crippen LogP contribution in [0.1, 0.15) is 22.6 Å². The Balaban J connectivity index is 1.48. The molecule has 5 rings (SSSR count). The summed E-state index contributed by atoms with van der Waals surface area (Å²) in [5.74, 6) is 0.981. The predicted octanol–water partition coefficient (Wildman–Crippen LogP) is 2.92. The molecule has 0 unspecified atom stereocenters. The molecular weight excluding hydrogens is 411 g/mol. The van der Waals surface area contributed by atoms with Crippen molar-refractivity contribution in [3.63, 3.8) is 0 Å². The van der Waals surface area contributed by atoms with Gasteiger partial charge in [-0.2, -0.15) is 0 Å². The number of amides is 1. The van der Waals surface area contributed by atoms with Crippen LogP contribution >= 0.6 is 0 Å². The number of benzene rings is 2. The first kappa shape index (κ1) is 20.3. The van der Waals surface area contributed by atoms with E-state index in [2.05, 4.69) is 15.1 Å². The molecule has 1 aliphatic heterocycles. The number of hydrogen-bond acceptors (Lipinski definition) is 6. The van der Waals surface area contributed by atoms with Crippen LogP contribution in [0.15, 0.2) is 48.5 Å². The second-order valence-electron chi connectivity index (χ2n) is 7.78. The van der Waals surface area contributed by atoms with Crippen LogP contribution in [-0.4, -0.2) is 63.7 Å². The molecule has 32 heavy (non-hydrogen) atoms. The third kappa shape index (κ3) is 3.64. The van der Waals surface area contributed by atoms with Gasteiger partial charge in [0.2, 0.25) is 5.95 Å². The molecule has 9 heteroatoms. The number of anilines is 1. The third-order valence-electron chi connectivity index (χ3n) is 5.73. The average Bonchev–Trinajstić information content (AvgIpc) is 3.08. The molecule has 1 saturated heterocycles. The van der Waals surface area contributed by atoms with Gasteiger partial charge in [-0.05, 0) is 42.8 Å². The molecule has 0 aliphatic carbocycles. The lowest BCUT2D eigenvalue weighted by atomic mass is 10.2. The largest absolute Gasteiger partial charge is 0.377 e. The van der Waals surface area contributed by atoms with E-state index >= 15 is 0 Å². The van der Waals surface area contributed by atoms with Crippen LogP contribution in [0.4, 0.5) is 10.3 Å². The first-order chi connectivity index (χ1) is 15.7. The highest BCUT2D eigenvalue weighted by atomic mass is 19.1. The van der Waals surface area contributed by atoms with E-state index in [9.17, 15) is 9.18 Å². The Morgan fingerprint density at radius 1 is 1.03 bits per heavy atom. The number of fused-ring (bicyclic) bond motifs is 3. The van der Waals surface area contributed by atoms with Gasteiger partial charge in [-0.25, -0.2) is 13.8 Å². The van der Waals surface area contributed by atoms with Crippen molar-refractivity contribution in [2.24, 2.45) is 0 Å². The number of rotatable bonds is 4. The molecule has 1 amide bonds. The van der Waals surface area contributed by atoms with Crippen LogP contribution in [0.2, 0.25) is 0 Å². The molecule has 2 aromatic heterocycles. The number of methoxy groups -OCH3 is 1. The van der Waals surface area contributed by atoms with Gasteiger partial charge in [-0.1, -0.05) is 12.1 Å². The fraction of sp³-hybridized carbons (Fsp3) is 0.304. The Kier molecular flexibility index (Phi) is 5.40. The fourth-order valence-electron chi connectivity index (χ4n) is 4.15. The summed E-state index contributed by atoms with van der Waals surface area (Å²) < 4.78 is 20.5. The summed E-state index contributed by atoms with van der Waals surface area (Å²) in [5, 5.41) is 9.66. The maximum atomic E-state index is 13.2. The van der Waals surface area contributed by atoms with Crippen molar-refractivity contribution >= 4 is 28.4 Å². The number of para-hydroxylation sites is 1. The van der Waals surface area contributed by atoms with E-state index < -0.39 is 0 Å². The van der Waals surface area contributed by atoms with Crippen molar-refractivity contribution in [2.45, 2.75) is 13.0 Å². The Labute approximate surface area is 184 Å². The summed E-state index contributed by atoms with van der Waals surface area (Å²) in [7, 11) is 1.63. The van der Waals surface area contributed by atoms with Gasteiger partial charge in [-0.3, -0.25) is 4.79 Å². The SMILES string of the molecule is COCc1nnc2c3ccccc3nc(N3CCCN(C(=O)c4ccc(F)cc4)CC3)n12. The van der Waals surface area contributed by atoms with Gasteiger partial charge in [0.1, 0.15) is 12.4 Å². The summed E-state index contributed by atoms with van der Waals surface area (Å²) in [6, 6.07) is 13.6. The van der Waals surface area contributed by atoms with Crippen molar-refractivity contribution < 1.29 is 13.9 Å². The predicted molar refractivity (Wildman–Crippen MR) is 118 cm³/mol. The first-order valence-corrected chi connectivity index (χ1v) is 10.6. The topological polar surface area (TPSA) is 75.9 Å². The van der Waals surface area contributed by atoms with E-state index in [-0.39, 0.29) is 11.7 Å². The maximum Gasteiger partial charge on any atom is 0.253 e. The molecule has 0 saturated carbocycles. The van der Waals surface area contributed by atoms with Gasteiger partial charge in [0.15, 0.2) is 11.5 Å². The van der Waals surface area contributed by atoms with Crippen LogP contribution in [0.25, 0.3) is 16.6 Å². The minimum Gasteiger partial charge on any atom is -0.377 e. The zero-order valence-electron chi connectivity index (χ0n) is 17.7.